The van der Waals surface area contributed by atoms with Crippen LogP contribution in [0.4, 0.5) is 5.69 Å². The lowest BCUT2D eigenvalue weighted by Crippen LogP contribution is -2.41. The molecule has 1 aromatic rings. The van der Waals surface area contributed by atoms with E-state index in [9.17, 15) is 13.2 Å². The average molecular weight is 370 g/mol. The van der Waals surface area contributed by atoms with Crippen LogP contribution in [-0.2, 0) is 19.6 Å². The zero-order valence-electron chi connectivity index (χ0n) is 14.9. The molecule has 0 bridgehead atoms. The average Bonchev–Trinajstić information content (AvgIpc) is 3.10. The fourth-order valence-corrected chi connectivity index (χ4v) is 3.05. The van der Waals surface area contributed by atoms with Crippen molar-refractivity contribution in [3.05, 3.63) is 24.3 Å². The number of anilines is 1. The number of carbonyl (C=O) groups is 1. The monoisotopic (exact) mass is 370 g/mol. The summed E-state index contributed by atoms with van der Waals surface area (Å²) in [6.07, 6.45) is 3.16. The van der Waals surface area contributed by atoms with Crippen LogP contribution < -0.4 is 14.4 Å². The summed E-state index contributed by atoms with van der Waals surface area (Å²) in [5.74, 6) is 0.347. The topological polar surface area (TPSA) is 84.9 Å². The van der Waals surface area contributed by atoms with Crippen molar-refractivity contribution in [1.29, 1.82) is 0 Å². The molecule has 7 nitrogen and oxygen atoms in total. The lowest BCUT2D eigenvalue weighted by Gasteiger charge is -2.20. The van der Waals surface area contributed by atoms with E-state index in [2.05, 4.69) is 5.32 Å². The van der Waals surface area contributed by atoms with E-state index in [1.807, 2.05) is 6.92 Å². The van der Waals surface area contributed by atoms with Gasteiger partial charge < -0.3 is 14.8 Å². The molecule has 1 aliphatic rings. The van der Waals surface area contributed by atoms with Gasteiger partial charge in [0.1, 0.15) is 5.75 Å². The number of benzene rings is 1. The molecule has 1 fully saturated rings. The predicted molar refractivity (Wildman–Crippen MR) is 96.4 cm³/mol. The number of ether oxygens (including phenoxy) is 2. The Bertz CT molecular complexity index is 669. The first kappa shape index (κ1) is 19.5. The van der Waals surface area contributed by atoms with Crippen LogP contribution in [0.2, 0.25) is 0 Å². The van der Waals surface area contributed by atoms with E-state index in [0.717, 1.165) is 25.7 Å². The Morgan fingerprint density at radius 1 is 1.40 bits per heavy atom. The SMILES string of the molecule is CC[C@@H](Oc1ccc(N(C)S(C)(=O)=O)cc1)C(=O)NC[C@@H]1CCCO1. The molecule has 0 unspecified atom stereocenters. The summed E-state index contributed by atoms with van der Waals surface area (Å²) in [7, 11) is -1.82. The molecule has 1 aliphatic heterocycles. The van der Waals surface area contributed by atoms with Gasteiger partial charge in [0.2, 0.25) is 10.0 Å². The minimum absolute atomic E-state index is 0.0901. The van der Waals surface area contributed by atoms with Crippen LogP contribution in [-0.4, -0.2) is 53.0 Å². The molecule has 0 radical (unpaired) electrons. The fourth-order valence-electron chi connectivity index (χ4n) is 2.55. The van der Waals surface area contributed by atoms with Gasteiger partial charge in [-0.05, 0) is 43.5 Å². The predicted octanol–water partition coefficient (Wildman–Crippen LogP) is 1.53. The maximum absolute atomic E-state index is 12.3. The highest BCUT2D eigenvalue weighted by atomic mass is 32.2. The van der Waals surface area contributed by atoms with Crippen molar-refractivity contribution in [1.82, 2.24) is 5.32 Å². The van der Waals surface area contributed by atoms with E-state index < -0.39 is 16.1 Å². The molecule has 8 heteroatoms. The minimum Gasteiger partial charge on any atom is -0.481 e. The summed E-state index contributed by atoms with van der Waals surface area (Å²) in [6.45, 7) is 3.13. The number of carbonyl (C=O) groups excluding carboxylic acids is 1. The van der Waals surface area contributed by atoms with Gasteiger partial charge in [-0.1, -0.05) is 6.92 Å². The number of sulfonamides is 1. The van der Waals surface area contributed by atoms with Crippen molar-refractivity contribution < 1.29 is 22.7 Å². The first-order valence-corrected chi connectivity index (χ1v) is 10.3. The lowest BCUT2D eigenvalue weighted by atomic mass is 10.2. The van der Waals surface area contributed by atoms with E-state index in [0.29, 0.717) is 24.4 Å². The summed E-state index contributed by atoms with van der Waals surface area (Å²) in [4.78, 5) is 12.3. The molecule has 0 aromatic heterocycles. The molecule has 2 rings (SSSR count). The van der Waals surface area contributed by atoms with Crippen molar-refractivity contribution in [2.75, 3.05) is 30.8 Å². The van der Waals surface area contributed by atoms with Gasteiger partial charge >= 0.3 is 0 Å². The maximum atomic E-state index is 12.3. The van der Waals surface area contributed by atoms with Crippen LogP contribution >= 0.6 is 0 Å². The molecular formula is C17H26N2O5S. The van der Waals surface area contributed by atoms with Crippen molar-refractivity contribution in [2.24, 2.45) is 0 Å². The van der Waals surface area contributed by atoms with Crippen LogP contribution in [0.25, 0.3) is 0 Å². The second-order valence-electron chi connectivity index (χ2n) is 6.12. The summed E-state index contributed by atoms with van der Waals surface area (Å²) in [5.41, 5.74) is 0.533. The van der Waals surface area contributed by atoms with E-state index in [4.69, 9.17) is 9.47 Å². The number of hydrogen-bond acceptors (Lipinski definition) is 5. The summed E-state index contributed by atoms with van der Waals surface area (Å²) in [6, 6.07) is 6.61. The Balaban J connectivity index is 1.92. The second-order valence-corrected chi connectivity index (χ2v) is 8.13. The van der Waals surface area contributed by atoms with Gasteiger partial charge in [0.05, 0.1) is 18.0 Å². The quantitative estimate of drug-likeness (QED) is 0.750. The van der Waals surface area contributed by atoms with Crippen molar-refractivity contribution >= 4 is 21.6 Å². The molecule has 25 heavy (non-hydrogen) atoms. The molecule has 0 aliphatic carbocycles. The van der Waals surface area contributed by atoms with Crippen LogP contribution in [0, 0.1) is 0 Å². The number of rotatable bonds is 8. The third kappa shape index (κ3) is 5.61. The first-order chi connectivity index (χ1) is 11.8. The van der Waals surface area contributed by atoms with Gasteiger partial charge in [-0.2, -0.15) is 0 Å². The van der Waals surface area contributed by atoms with Crippen molar-refractivity contribution in [3.8, 4) is 5.75 Å². The third-order valence-corrected chi connectivity index (χ3v) is 5.37. The second kappa shape index (κ2) is 8.53. The molecule has 0 saturated carbocycles. The number of hydrogen-bond donors (Lipinski definition) is 1. The van der Waals surface area contributed by atoms with Crippen LogP contribution in [0.15, 0.2) is 24.3 Å². The summed E-state index contributed by atoms with van der Waals surface area (Å²) >= 11 is 0. The van der Waals surface area contributed by atoms with Gasteiger partial charge in [-0.3, -0.25) is 9.10 Å². The molecule has 1 saturated heterocycles. The normalized spacial score (nSPS) is 18.6. The molecule has 2 atom stereocenters. The van der Waals surface area contributed by atoms with Crippen LogP contribution in [0.1, 0.15) is 26.2 Å². The Kier molecular flexibility index (Phi) is 6.66. The summed E-state index contributed by atoms with van der Waals surface area (Å²) in [5, 5.41) is 2.87. The Labute approximate surface area is 149 Å². The third-order valence-electron chi connectivity index (χ3n) is 4.17. The number of nitrogens with zero attached hydrogens (tertiary/aromatic N) is 1. The molecule has 140 valence electrons. The number of amides is 1. The highest BCUT2D eigenvalue weighted by molar-refractivity contribution is 7.92. The molecular weight excluding hydrogens is 344 g/mol. The van der Waals surface area contributed by atoms with E-state index in [1.54, 1.807) is 24.3 Å². The largest absolute Gasteiger partial charge is 0.481 e. The van der Waals surface area contributed by atoms with Crippen LogP contribution in [0.5, 0.6) is 5.75 Å². The fraction of sp³-hybridized carbons (Fsp3) is 0.588. The standard InChI is InChI=1S/C17H26N2O5S/c1-4-16(17(20)18-12-15-6-5-11-23-15)24-14-9-7-13(8-10-14)19(2)25(3,21)22/h7-10,15-16H,4-6,11-12H2,1-3H3,(H,18,20)/t15-,16+/m0/s1. The minimum atomic E-state index is -3.31. The Morgan fingerprint density at radius 3 is 2.60 bits per heavy atom. The van der Waals surface area contributed by atoms with Gasteiger partial charge in [0.15, 0.2) is 6.10 Å². The number of nitrogens with one attached hydrogen (secondary N) is 1. The highest BCUT2D eigenvalue weighted by Crippen LogP contribution is 2.21. The Hall–Kier alpha value is -1.80. The molecule has 0 spiro atoms. The lowest BCUT2D eigenvalue weighted by molar-refractivity contribution is -0.128. The molecule has 1 amide bonds. The van der Waals surface area contributed by atoms with E-state index in [1.165, 1.54) is 11.4 Å². The van der Waals surface area contributed by atoms with Gasteiger partial charge in [0.25, 0.3) is 5.91 Å². The smallest absolute Gasteiger partial charge is 0.261 e. The van der Waals surface area contributed by atoms with E-state index in [-0.39, 0.29) is 12.0 Å². The summed E-state index contributed by atoms with van der Waals surface area (Å²) < 4.78 is 35.5. The van der Waals surface area contributed by atoms with Crippen molar-refractivity contribution in [3.63, 3.8) is 0 Å². The zero-order chi connectivity index (χ0) is 18.4. The van der Waals surface area contributed by atoms with Crippen LogP contribution in [0.3, 0.4) is 0 Å². The maximum Gasteiger partial charge on any atom is 0.261 e. The molecule has 1 heterocycles. The van der Waals surface area contributed by atoms with E-state index >= 15 is 0 Å². The van der Waals surface area contributed by atoms with Gasteiger partial charge in [-0.25, -0.2) is 8.42 Å². The van der Waals surface area contributed by atoms with Gasteiger partial charge in [-0.15, -0.1) is 0 Å². The zero-order valence-corrected chi connectivity index (χ0v) is 15.7. The first-order valence-electron chi connectivity index (χ1n) is 8.41. The Morgan fingerprint density at radius 2 is 2.08 bits per heavy atom. The van der Waals surface area contributed by atoms with Crippen molar-refractivity contribution in [2.45, 2.75) is 38.4 Å². The highest BCUT2D eigenvalue weighted by Gasteiger charge is 2.21. The molecule has 1 aromatic carbocycles. The molecule has 1 N–H and O–H groups in total. The van der Waals surface area contributed by atoms with Gasteiger partial charge in [0, 0.05) is 20.2 Å².